The van der Waals surface area contributed by atoms with E-state index in [-0.39, 0.29) is 23.8 Å². The number of nitrogens with zero attached hydrogens (tertiary/aromatic N) is 3. The van der Waals surface area contributed by atoms with Crippen molar-refractivity contribution in [2.45, 2.75) is 38.7 Å². The highest BCUT2D eigenvalue weighted by Gasteiger charge is 2.34. The monoisotopic (exact) mass is 429 g/mol. The number of carbonyl (C=O) groups is 2. The fourth-order valence-corrected chi connectivity index (χ4v) is 4.68. The highest BCUT2D eigenvalue weighted by atomic mass is 16.5. The number of likely N-dealkylation sites (tertiary alicyclic amines) is 2. The van der Waals surface area contributed by atoms with Crippen LogP contribution in [0.1, 0.15) is 31.2 Å². The molecule has 2 amide bonds. The molecule has 7 heteroatoms. The SMILES string of the molecule is Cc1ccc(OC2CCN(C(=O)C3CCC(=O)N(CCN4CCOCC4)C3)CC2)cc1. The number of aryl methyl sites for hydroxylation is 1. The maximum Gasteiger partial charge on any atom is 0.227 e. The van der Waals surface area contributed by atoms with E-state index < -0.39 is 0 Å². The Labute approximate surface area is 185 Å². The van der Waals surface area contributed by atoms with E-state index in [9.17, 15) is 9.59 Å². The minimum absolute atomic E-state index is 0.0723. The number of hydrogen-bond donors (Lipinski definition) is 0. The van der Waals surface area contributed by atoms with E-state index in [2.05, 4.69) is 24.0 Å². The van der Waals surface area contributed by atoms with Gasteiger partial charge in [-0.25, -0.2) is 0 Å². The molecule has 0 aromatic heterocycles. The first-order chi connectivity index (χ1) is 15.1. The Kier molecular flexibility index (Phi) is 7.45. The Morgan fingerprint density at radius 1 is 1.03 bits per heavy atom. The van der Waals surface area contributed by atoms with Crippen molar-refractivity contribution >= 4 is 11.8 Å². The first-order valence-electron chi connectivity index (χ1n) is 11.7. The lowest BCUT2D eigenvalue weighted by molar-refractivity contribution is -0.144. The van der Waals surface area contributed by atoms with E-state index in [1.54, 1.807) is 0 Å². The molecule has 1 aromatic carbocycles. The topological polar surface area (TPSA) is 62.3 Å². The summed E-state index contributed by atoms with van der Waals surface area (Å²) in [4.78, 5) is 31.7. The van der Waals surface area contributed by atoms with Crippen LogP contribution in [0.4, 0.5) is 0 Å². The molecule has 0 spiro atoms. The number of hydrogen-bond acceptors (Lipinski definition) is 5. The van der Waals surface area contributed by atoms with E-state index in [1.165, 1.54) is 5.56 Å². The maximum atomic E-state index is 13.1. The summed E-state index contributed by atoms with van der Waals surface area (Å²) in [7, 11) is 0. The number of benzene rings is 1. The lowest BCUT2D eigenvalue weighted by atomic mass is 9.94. The van der Waals surface area contributed by atoms with Gasteiger partial charge in [-0.1, -0.05) is 17.7 Å². The van der Waals surface area contributed by atoms with Crippen molar-refractivity contribution in [1.29, 1.82) is 0 Å². The maximum absolute atomic E-state index is 13.1. The molecule has 0 N–H and O–H groups in total. The number of carbonyl (C=O) groups excluding carboxylic acids is 2. The van der Waals surface area contributed by atoms with Crippen LogP contribution in [0.2, 0.25) is 0 Å². The second-order valence-electron chi connectivity index (χ2n) is 8.98. The molecule has 31 heavy (non-hydrogen) atoms. The number of piperidine rings is 2. The minimum atomic E-state index is -0.0723. The summed E-state index contributed by atoms with van der Waals surface area (Å²) < 4.78 is 11.5. The van der Waals surface area contributed by atoms with Gasteiger partial charge in [0.25, 0.3) is 0 Å². The van der Waals surface area contributed by atoms with Gasteiger partial charge < -0.3 is 19.3 Å². The summed E-state index contributed by atoms with van der Waals surface area (Å²) in [5.41, 5.74) is 1.22. The van der Waals surface area contributed by atoms with Gasteiger partial charge in [0.2, 0.25) is 11.8 Å². The zero-order chi connectivity index (χ0) is 21.6. The first kappa shape index (κ1) is 22.1. The van der Waals surface area contributed by atoms with Gasteiger partial charge in [-0.05, 0) is 25.5 Å². The van der Waals surface area contributed by atoms with Crippen molar-refractivity contribution in [2.75, 3.05) is 59.0 Å². The summed E-state index contributed by atoms with van der Waals surface area (Å²) in [6.45, 7) is 9.01. The van der Waals surface area contributed by atoms with Crippen LogP contribution in [-0.4, -0.2) is 91.6 Å². The molecule has 0 aliphatic carbocycles. The van der Waals surface area contributed by atoms with Crippen molar-refractivity contribution in [3.05, 3.63) is 29.8 Å². The van der Waals surface area contributed by atoms with Gasteiger partial charge in [0, 0.05) is 65.1 Å². The molecule has 3 saturated heterocycles. The molecular formula is C24H35N3O4. The highest BCUT2D eigenvalue weighted by molar-refractivity contribution is 5.84. The predicted octanol–water partition coefficient (Wildman–Crippen LogP) is 1.94. The van der Waals surface area contributed by atoms with E-state index in [4.69, 9.17) is 9.47 Å². The van der Waals surface area contributed by atoms with Crippen LogP contribution in [0.5, 0.6) is 5.75 Å². The molecule has 0 saturated carbocycles. The molecule has 7 nitrogen and oxygen atoms in total. The third-order valence-corrected chi connectivity index (χ3v) is 6.72. The van der Waals surface area contributed by atoms with Gasteiger partial charge in [0.1, 0.15) is 11.9 Å². The largest absolute Gasteiger partial charge is 0.490 e. The summed E-state index contributed by atoms with van der Waals surface area (Å²) in [6, 6.07) is 8.14. The molecule has 1 aromatic rings. The average molecular weight is 430 g/mol. The van der Waals surface area contributed by atoms with Crippen LogP contribution in [0.25, 0.3) is 0 Å². The Morgan fingerprint density at radius 3 is 2.45 bits per heavy atom. The third-order valence-electron chi connectivity index (χ3n) is 6.72. The molecule has 170 valence electrons. The Balaban J connectivity index is 1.23. The Morgan fingerprint density at radius 2 is 1.74 bits per heavy atom. The predicted molar refractivity (Wildman–Crippen MR) is 118 cm³/mol. The van der Waals surface area contributed by atoms with Crippen LogP contribution in [0.3, 0.4) is 0 Å². The fourth-order valence-electron chi connectivity index (χ4n) is 4.68. The van der Waals surface area contributed by atoms with Crippen molar-refractivity contribution in [3.63, 3.8) is 0 Å². The standard InChI is InChI=1S/C24H35N3O4/c1-19-2-5-21(6-3-19)31-22-8-10-26(11-9-22)24(29)20-4-7-23(28)27(18-20)13-12-25-14-16-30-17-15-25/h2-3,5-6,20,22H,4,7-18H2,1H3. The van der Waals surface area contributed by atoms with Gasteiger partial charge in [-0.3, -0.25) is 14.5 Å². The molecule has 4 rings (SSSR count). The molecule has 0 bridgehead atoms. The number of rotatable bonds is 6. The molecule has 1 unspecified atom stereocenters. The smallest absolute Gasteiger partial charge is 0.227 e. The van der Waals surface area contributed by atoms with Crippen molar-refractivity contribution in [1.82, 2.24) is 14.7 Å². The molecule has 0 radical (unpaired) electrons. The summed E-state index contributed by atoms with van der Waals surface area (Å²) >= 11 is 0. The van der Waals surface area contributed by atoms with Gasteiger partial charge in [0.15, 0.2) is 0 Å². The van der Waals surface area contributed by atoms with Gasteiger partial charge in [0.05, 0.1) is 19.1 Å². The molecule has 3 aliphatic heterocycles. The number of morpholine rings is 1. The Bertz CT molecular complexity index is 740. The van der Waals surface area contributed by atoms with E-state index >= 15 is 0 Å². The fraction of sp³-hybridized carbons (Fsp3) is 0.667. The van der Waals surface area contributed by atoms with Crippen LogP contribution >= 0.6 is 0 Å². The third kappa shape index (κ3) is 5.98. The van der Waals surface area contributed by atoms with E-state index in [0.717, 1.165) is 64.5 Å². The lowest BCUT2D eigenvalue weighted by Gasteiger charge is -2.38. The van der Waals surface area contributed by atoms with Crippen LogP contribution < -0.4 is 4.74 Å². The number of amides is 2. The molecule has 3 fully saturated rings. The zero-order valence-electron chi connectivity index (χ0n) is 18.6. The highest BCUT2D eigenvalue weighted by Crippen LogP contribution is 2.24. The molecule has 3 aliphatic rings. The van der Waals surface area contributed by atoms with Crippen LogP contribution in [0.15, 0.2) is 24.3 Å². The van der Waals surface area contributed by atoms with Gasteiger partial charge >= 0.3 is 0 Å². The summed E-state index contributed by atoms with van der Waals surface area (Å²) in [5, 5.41) is 0. The lowest BCUT2D eigenvalue weighted by Crippen LogP contribution is -2.51. The first-order valence-corrected chi connectivity index (χ1v) is 11.7. The number of ether oxygens (including phenoxy) is 2. The molecule has 1 atom stereocenters. The molecular weight excluding hydrogens is 394 g/mol. The van der Waals surface area contributed by atoms with Crippen LogP contribution in [-0.2, 0) is 14.3 Å². The van der Waals surface area contributed by atoms with Crippen molar-refractivity contribution in [2.24, 2.45) is 5.92 Å². The summed E-state index contributed by atoms with van der Waals surface area (Å²) in [5.74, 6) is 1.22. The van der Waals surface area contributed by atoms with Gasteiger partial charge in [-0.15, -0.1) is 0 Å². The second kappa shape index (κ2) is 10.5. The van der Waals surface area contributed by atoms with Crippen LogP contribution in [0, 0.1) is 12.8 Å². The van der Waals surface area contributed by atoms with E-state index in [1.807, 2.05) is 21.9 Å². The van der Waals surface area contributed by atoms with E-state index in [0.29, 0.717) is 25.9 Å². The molecule has 3 heterocycles. The Hall–Kier alpha value is -2.12. The summed E-state index contributed by atoms with van der Waals surface area (Å²) in [6.07, 6.45) is 3.01. The quantitative estimate of drug-likeness (QED) is 0.692. The van der Waals surface area contributed by atoms with Crippen molar-refractivity contribution < 1.29 is 19.1 Å². The second-order valence-corrected chi connectivity index (χ2v) is 8.98. The van der Waals surface area contributed by atoms with Crippen molar-refractivity contribution in [3.8, 4) is 5.75 Å². The normalized spacial score (nSPS) is 23.8. The minimum Gasteiger partial charge on any atom is -0.490 e. The average Bonchev–Trinajstić information content (AvgIpc) is 2.81. The van der Waals surface area contributed by atoms with Gasteiger partial charge in [-0.2, -0.15) is 0 Å². The zero-order valence-corrected chi connectivity index (χ0v) is 18.6.